The van der Waals surface area contributed by atoms with Gasteiger partial charge in [-0.25, -0.2) is 0 Å². The summed E-state index contributed by atoms with van der Waals surface area (Å²) >= 11 is 0. The third-order valence-electron chi connectivity index (χ3n) is 5.39. The molecule has 0 aliphatic heterocycles. The maximum atomic E-state index is 12.9. The Morgan fingerprint density at radius 1 is 0.667 bits per heavy atom. The zero-order chi connectivity index (χ0) is 25.1. The molecule has 0 unspecified atom stereocenters. The SMILES string of the molecule is CC(C)(C)CCCC(C(=O)O)(c1ccc(OC(C)(C)C)cc1)c1ccc(OC(C)(C)C)cc1. The van der Waals surface area contributed by atoms with Gasteiger partial charge in [-0.3, -0.25) is 4.79 Å². The molecule has 0 atom stereocenters. The summed E-state index contributed by atoms with van der Waals surface area (Å²) in [6.45, 7) is 18.5. The van der Waals surface area contributed by atoms with E-state index in [1.807, 2.05) is 90.1 Å². The van der Waals surface area contributed by atoms with Crippen molar-refractivity contribution in [3.8, 4) is 11.5 Å². The summed E-state index contributed by atoms with van der Waals surface area (Å²) in [5, 5.41) is 10.6. The first-order chi connectivity index (χ1) is 15.0. The molecule has 0 saturated heterocycles. The Balaban J connectivity index is 2.51. The zero-order valence-electron chi connectivity index (χ0n) is 21.9. The highest BCUT2D eigenvalue weighted by molar-refractivity contribution is 5.86. The average molecular weight is 455 g/mol. The van der Waals surface area contributed by atoms with Gasteiger partial charge in [0.25, 0.3) is 0 Å². The maximum absolute atomic E-state index is 12.9. The fraction of sp³-hybridized carbons (Fsp3) is 0.552. The van der Waals surface area contributed by atoms with Crippen LogP contribution in [-0.4, -0.2) is 22.3 Å². The second-order valence-corrected chi connectivity index (χ2v) is 12.1. The van der Waals surface area contributed by atoms with Crippen LogP contribution in [0.2, 0.25) is 0 Å². The molecular formula is C29H42O4. The van der Waals surface area contributed by atoms with E-state index in [0.717, 1.165) is 35.5 Å². The van der Waals surface area contributed by atoms with Crippen LogP contribution in [0.25, 0.3) is 0 Å². The van der Waals surface area contributed by atoms with Gasteiger partial charge in [0.15, 0.2) is 0 Å². The molecular weight excluding hydrogens is 412 g/mol. The zero-order valence-corrected chi connectivity index (χ0v) is 21.9. The number of ether oxygens (including phenoxy) is 2. The first-order valence-corrected chi connectivity index (χ1v) is 11.8. The second kappa shape index (κ2) is 9.79. The van der Waals surface area contributed by atoms with Gasteiger partial charge < -0.3 is 14.6 Å². The van der Waals surface area contributed by atoms with E-state index >= 15 is 0 Å². The molecule has 4 heteroatoms. The van der Waals surface area contributed by atoms with Crippen LogP contribution in [0.3, 0.4) is 0 Å². The number of benzene rings is 2. The minimum Gasteiger partial charge on any atom is -0.488 e. The molecule has 33 heavy (non-hydrogen) atoms. The van der Waals surface area contributed by atoms with Crippen molar-refractivity contribution >= 4 is 5.97 Å². The molecule has 0 saturated carbocycles. The monoisotopic (exact) mass is 454 g/mol. The molecule has 182 valence electrons. The summed E-state index contributed by atoms with van der Waals surface area (Å²) in [5.74, 6) is 0.619. The van der Waals surface area contributed by atoms with Crippen LogP contribution in [0.15, 0.2) is 48.5 Å². The predicted molar refractivity (Wildman–Crippen MR) is 135 cm³/mol. The molecule has 0 aliphatic carbocycles. The molecule has 0 spiro atoms. The molecule has 2 rings (SSSR count). The van der Waals surface area contributed by atoms with Crippen LogP contribution in [0.1, 0.15) is 92.7 Å². The van der Waals surface area contributed by atoms with E-state index < -0.39 is 11.4 Å². The van der Waals surface area contributed by atoms with Crippen LogP contribution >= 0.6 is 0 Å². The second-order valence-electron chi connectivity index (χ2n) is 12.1. The van der Waals surface area contributed by atoms with Gasteiger partial charge in [-0.05, 0) is 95.2 Å². The van der Waals surface area contributed by atoms with Crippen molar-refractivity contribution in [1.29, 1.82) is 0 Å². The Kier molecular flexibility index (Phi) is 7.94. The van der Waals surface area contributed by atoms with Crippen LogP contribution in [0.5, 0.6) is 11.5 Å². The van der Waals surface area contributed by atoms with E-state index in [2.05, 4.69) is 20.8 Å². The van der Waals surface area contributed by atoms with Crippen LogP contribution in [-0.2, 0) is 10.2 Å². The van der Waals surface area contributed by atoms with E-state index in [4.69, 9.17) is 9.47 Å². The van der Waals surface area contributed by atoms with Crippen LogP contribution < -0.4 is 9.47 Å². The van der Waals surface area contributed by atoms with Crippen molar-refractivity contribution in [1.82, 2.24) is 0 Å². The van der Waals surface area contributed by atoms with Crippen molar-refractivity contribution in [2.45, 2.75) is 98.2 Å². The average Bonchev–Trinajstić information content (AvgIpc) is 2.63. The Morgan fingerprint density at radius 3 is 1.30 bits per heavy atom. The molecule has 2 aromatic rings. The van der Waals surface area contributed by atoms with Gasteiger partial charge in [0, 0.05) is 0 Å². The molecule has 4 nitrogen and oxygen atoms in total. The lowest BCUT2D eigenvalue weighted by Gasteiger charge is -2.33. The summed E-state index contributed by atoms with van der Waals surface area (Å²) in [5.41, 5.74) is -0.128. The lowest BCUT2D eigenvalue weighted by Crippen LogP contribution is -2.37. The number of hydrogen-bond donors (Lipinski definition) is 1. The van der Waals surface area contributed by atoms with E-state index in [1.54, 1.807) is 0 Å². The highest BCUT2D eigenvalue weighted by atomic mass is 16.5. The topological polar surface area (TPSA) is 55.8 Å². The summed E-state index contributed by atoms with van der Waals surface area (Å²) in [6, 6.07) is 15.1. The van der Waals surface area contributed by atoms with E-state index in [9.17, 15) is 9.90 Å². The Labute approximate surface area is 200 Å². The molecule has 0 fully saturated rings. The number of rotatable bonds is 8. The Hall–Kier alpha value is -2.49. The maximum Gasteiger partial charge on any atom is 0.318 e. The molecule has 0 heterocycles. The standard InChI is InChI=1S/C29H42O4/c1-26(2,3)19-10-20-29(25(30)31,21-11-15-23(16-12-21)32-27(4,5)6)22-13-17-24(18-14-22)33-28(7,8)9/h11-18H,10,19-20H2,1-9H3,(H,30,31). The number of carboxylic acid groups (broad SMARTS) is 1. The number of hydrogen-bond acceptors (Lipinski definition) is 3. The van der Waals surface area contributed by atoms with Gasteiger partial charge in [0.05, 0.1) is 0 Å². The van der Waals surface area contributed by atoms with Crippen molar-refractivity contribution in [3.63, 3.8) is 0 Å². The number of aliphatic carboxylic acids is 1. The molecule has 0 radical (unpaired) electrons. The van der Waals surface area contributed by atoms with Crippen molar-refractivity contribution in [2.75, 3.05) is 0 Å². The fourth-order valence-electron chi connectivity index (χ4n) is 4.02. The highest BCUT2D eigenvalue weighted by Gasteiger charge is 2.42. The molecule has 0 aliphatic rings. The quantitative estimate of drug-likeness (QED) is 0.445. The van der Waals surface area contributed by atoms with E-state index in [0.29, 0.717) is 6.42 Å². The molecule has 2 aromatic carbocycles. The lowest BCUT2D eigenvalue weighted by atomic mass is 9.70. The fourth-order valence-corrected chi connectivity index (χ4v) is 4.02. The van der Waals surface area contributed by atoms with Crippen LogP contribution in [0.4, 0.5) is 0 Å². The van der Waals surface area contributed by atoms with Gasteiger partial charge in [0.2, 0.25) is 0 Å². The summed E-state index contributed by atoms with van der Waals surface area (Å²) < 4.78 is 11.9. The van der Waals surface area contributed by atoms with Gasteiger partial charge in [-0.1, -0.05) is 51.5 Å². The number of carboxylic acids is 1. The smallest absolute Gasteiger partial charge is 0.318 e. The Bertz CT molecular complexity index is 845. The molecule has 1 N–H and O–H groups in total. The molecule has 0 amide bonds. The molecule has 0 aromatic heterocycles. The van der Waals surface area contributed by atoms with Crippen molar-refractivity contribution < 1.29 is 19.4 Å². The van der Waals surface area contributed by atoms with Gasteiger partial charge in [0.1, 0.15) is 28.1 Å². The van der Waals surface area contributed by atoms with E-state index in [-0.39, 0.29) is 16.6 Å². The first kappa shape index (κ1) is 26.8. The van der Waals surface area contributed by atoms with Gasteiger partial charge in [-0.2, -0.15) is 0 Å². The third-order valence-corrected chi connectivity index (χ3v) is 5.39. The predicted octanol–water partition coefficient (Wildman–Crippen LogP) is 7.63. The summed E-state index contributed by atoms with van der Waals surface area (Å²) in [7, 11) is 0. The van der Waals surface area contributed by atoms with Crippen molar-refractivity contribution in [2.24, 2.45) is 5.41 Å². The van der Waals surface area contributed by atoms with Crippen molar-refractivity contribution in [3.05, 3.63) is 59.7 Å². The Morgan fingerprint density at radius 2 is 1.03 bits per heavy atom. The lowest BCUT2D eigenvalue weighted by molar-refractivity contribution is -0.142. The number of carbonyl (C=O) groups is 1. The third kappa shape index (κ3) is 7.80. The molecule has 0 bridgehead atoms. The highest BCUT2D eigenvalue weighted by Crippen LogP contribution is 2.40. The van der Waals surface area contributed by atoms with Crippen LogP contribution in [0, 0.1) is 5.41 Å². The largest absolute Gasteiger partial charge is 0.488 e. The normalized spacial score (nSPS) is 13.0. The minimum absolute atomic E-state index is 0.138. The minimum atomic E-state index is -1.15. The van der Waals surface area contributed by atoms with Gasteiger partial charge >= 0.3 is 5.97 Å². The van der Waals surface area contributed by atoms with E-state index in [1.165, 1.54) is 0 Å². The van der Waals surface area contributed by atoms with Gasteiger partial charge in [-0.15, -0.1) is 0 Å². The summed E-state index contributed by atoms with van der Waals surface area (Å²) in [6.07, 6.45) is 2.26. The first-order valence-electron chi connectivity index (χ1n) is 11.8. The summed E-state index contributed by atoms with van der Waals surface area (Å²) in [4.78, 5) is 12.9.